The molecule has 0 saturated heterocycles. The molecule has 8 heteroatoms. The van der Waals surface area contributed by atoms with Gasteiger partial charge in [-0.15, -0.1) is 34.9 Å². The first-order valence-electron chi connectivity index (χ1n) is 8.69. The Bertz CT molecular complexity index is 1060. The number of aryl methyl sites for hydroxylation is 2. The number of carbonyl (C=O) groups excluding carboxylic acids is 1. The topological polar surface area (TPSA) is 74.8 Å². The number of fused-ring (bicyclic) bond motifs is 3. The van der Waals surface area contributed by atoms with Crippen LogP contribution in [0.5, 0.6) is 0 Å². The van der Waals surface area contributed by atoms with Gasteiger partial charge >= 0.3 is 0 Å². The maximum absolute atomic E-state index is 12.4. The van der Waals surface area contributed by atoms with Crippen LogP contribution in [0.15, 0.2) is 34.0 Å². The van der Waals surface area contributed by atoms with Crippen LogP contribution < -0.4 is 10.9 Å². The molecule has 0 atom stereocenters. The number of aromatic amines is 1. The number of thioether (sulfide) groups is 2. The molecule has 5 nitrogen and oxygen atoms in total. The molecule has 0 radical (unpaired) electrons. The third-order valence-corrected chi connectivity index (χ3v) is 7.30. The molecule has 27 heavy (non-hydrogen) atoms. The number of hydrogen-bond donors (Lipinski definition) is 2. The van der Waals surface area contributed by atoms with Crippen LogP contribution in [0, 0.1) is 0 Å². The van der Waals surface area contributed by atoms with Gasteiger partial charge in [-0.05, 0) is 49.3 Å². The maximum atomic E-state index is 12.4. The van der Waals surface area contributed by atoms with Crippen molar-refractivity contribution in [2.75, 3.05) is 17.3 Å². The van der Waals surface area contributed by atoms with Crippen molar-refractivity contribution in [3.05, 3.63) is 50.9 Å². The molecule has 4 rings (SSSR count). The Kier molecular flexibility index (Phi) is 5.56. The molecule has 1 aliphatic carbocycles. The zero-order valence-electron chi connectivity index (χ0n) is 14.8. The fourth-order valence-corrected chi connectivity index (χ4v) is 5.68. The Morgan fingerprint density at radius 3 is 3.11 bits per heavy atom. The first-order chi connectivity index (χ1) is 13.1. The summed E-state index contributed by atoms with van der Waals surface area (Å²) in [5.41, 5.74) is 1.94. The summed E-state index contributed by atoms with van der Waals surface area (Å²) in [6.07, 6.45) is 5.16. The van der Waals surface area contributed by atoms with E-state index in [1.165, 1.54) is 22.2 Å². The predicted molar refractivity (Wildman–Crippen MR) is 115 cm³/mol. The number of hydrogen-bond acceptors (Lipinski definition) is 6. The Hall–Kier alpha value is -1.77. The molecule has 2 heterocycles. The van der Waals surface area contributed by atoms with Gasteiger partial charge in [0.05, 0.1) is 16.9 Å². The number of anilines is 1. The summed E-state index contributed by atoms with van der Waals surface area (Å²) < 4.78 is 0. The van der Waals surface area contributed by atoms with Crippen molar-refractivity contribution >= 4 is 56.7 Å². The van der Waals surface area contributed by atoms with E-state index >= 15 is 0 Å². The number of rotatable bonds is 6. The maximum Gasteiger partial charge on any atom is 0.259 e. The van der Waals surface area contributed by atoms with Gasteiger partial charge in [0.15, 0.2) is 0 Å². The Morgan fingerprint density at radius 2 is 2.26 bits per heavy atom. The zero-order chi connectivity index (χ0) is 18.8. The van der Waals surface area contributed by atoms with Gasteiger partial charge in [-0.1, -0.05) is 6.07 Å². The zero-order valence-corrected chi connectivity index (χ0v) is 17.3. The van der Waals surface area contributed by atoms with Gasteiger partial charge in [-0.25, -0.2) is 4.98 Å². The van der Waals surface area contributed by atoms with E-state index in [1.54, 1.807) is 23.1 Å². The molecule has 2 aromatic heterocycles. The largest absolute Gasteiger partial charge is 0.325 e. The van der Waals surface area contributed by atoms with Gasteiger partial charge in [-0.3, -0.25) is 9.59 Å². The normalized spacial score (nSPS) is 13.1. The highest BCUT2D eigenvalue weighted by Crippen LogP contribution is 2.34. The Balaban J connectivity index is 1.37. The summed E-state index contributed by atoms with van der Waals surface area (Å²) in [4.78, 5) is 35.3. The summed E-state index contributed by atoms with van der Waals surface area (Å²) in [7, 11) is 0. The fourth-order valence-electron chi connectivity index (χ4n) is 3.25. The lowest BCUT2D eigenvalue weighted by Gasteiger charge is -2.06. The molecule has 0 fully saturated rings. The van der Waals surface area contributed by atoms with Crippen LogP contribution in [0.3, 0.4) is 0 Å². The minimum atomic E-state index is -0.0585. The van der Waals surface area contributed by atoms with E-state index < -0.39 is 0 Å². The van der Waals surface area contributed by atoms with Crippen molar-refractivity contribution in [2.45, 2.75) is 29.9 Å². The lowest BCUT2D eigenvalue weighted by atomic mass is 10.2. The molecule has 1 amide bonds. The molecule has 1 aliphatic rings. The average molecular weight is 418 g/mol. The number of aromatic nitrogens is 2. The average Bonchev–Trinajstić information content (AvgIpc) is 3.22. The molecule has 0 aliphatic heterocycles. The number of thiophene rings is 1. The standard InChI is InChI=1S/C19H19N3O2S3/c1-25-12-5-2-4-11(8-12)20-16(23)10-26-9-15-21-18(24)17-13-6-3-7-14(13)27-19(17)22-15/h2,4-5,8H,3,6-7,9-10H2,1H3,(H,20,23)(H,21,22,24). The second-order valence-electron chi connectivity index (χ2n) is 6.32. The van der Waals surface area contributed by atoms with Crippen molar-refractivity contribution in [3.63, 3.8) is 0 Å². The Morgan fingerprint density at radius 1 is 1.37 bits per heavy atom. The molecule has 1 aromatic carbocycles. The lowest BCUT2D eigenvalue weighted by Crippen LogP contribution is -2.15. The fraction of sp³-hybridized carbons (Fsp3) is 0.316. The van der Waals surface area contributed by atoms with Crippen molar-refractivity contribution in [1.29, 1.82) is 0 Å². The number of carbonyl (C=O) groups is 1. The molecule has 3 aromatic rings. The van der Waals surface area contributed by atoms with E-state index in [1.807, 2.05) is 30.5 Å². The van der Waals surface area contributed by atoms with E-state index in [-0.39, 0.29) is 11.5 Å². The highest BCUT2D eigenvalue weighted by Gasteiger charge is 2.21. The minimum Gasteiger partial charge on any atom is -0.325 e. The molecular weight excluding hydrogens is 398 g/mol. The number of nitrogens with one attached hydrogen (secondary N) is 2. The van der Waals surface area contributed by atoms with Gasteiger partial charge in [-0.2, -0.15) is 0 Å². The van der Waals surface area contributed by atoms with Crippen LogP contribution in [-0.4, -0.2) is 27.9 Å². The minimum absolute atomic E-state index is 0.0478. The molecule has 0 unspecified atom stereocenters. The van der Waals surface area contributed by atoms with Gasteiger partial charge < -0.3 is 10.3 Å². The van der Waals surface area contributed by atoms with Gasteiger partial charge in [0.2, 0.25) is 5.91 Å². The number of benzene rings is 1. The van der Waals surface area contributed by atoms with Gasteiger partial charge in [0.1, 0.15) is 10.7 Å². The van der Waals surface area contributed by atoms with E-state index in [2.05, 4.69) is 15.3 Å². The predicted octanol–water partition coefficient (Wildman–Crippen LogP) is 4.07. The molecule has 0 saturated carbocycles. The summed E-state index contributed by atoms with van der Waals surface area (Å²) in [6.45, 7) is 0. The van der Waals surface area contributed by atoms with Gasteiger partial charge in [0, 0.05) is 15.5 Å². The van der Waals surface area contributed by atoms with E-state index in [0.29, 0.717) is 17.3 Å². The molecule has 140 valence electrons. The highest BCUT2D eigenvalue weighted by atomic mass is 32.2. The first kappa shape index (κ1) is 18.6. The van der Waals surface area contributed by atoms with E-state index in [0.717, 1.165) is 40.1 Å². The van der Waals surface area contributed by atoms with Crippen molar-refractivity contribution in [3.8, 4) is 0 Å². The molecular formula is C19H19N3O2S3. The summed E-state index contributed by atoms with van der Waals surface area (Å²) in [5, 5.41) is 3.68. The van der Waals surface area contributed by atoms with Crippen LogP contribution in [0.1, 0.15) is 22.7 Å². The number of H-pyrrole nitrogens is 1. The van der Waals surface area contributed by atoms with Crippen LogP contribution in [0.25, 0.3) is 10.2 Å². The smallest absolute Gasteiger partial charge is 0.259 e. The third kappa shape index (κ3) is 4.07. The highest BCUT2D eigenvalue weighted by molar-refractivity contribution is 7.99. The van der Waals surface area contributed by atoms with Crippen molar-refractivity contribution in [2.24, 2.45) is 0 Å². The second kappa shape index (κ2) is 8.08. The van der Waals surface area contributed by atoms with Gasteiger partial charge in [0.25, 0.3) is 5.56 Å². The summed E-state index contributed by atoms with van der Waals surface area (Å²) >= 11 is 4.72. The lowest BCUT2D eigenvalue weighted by molar-refractivity contribution is -0.113. The van der Waals surface area contributed by atoms with E-state index in [4.69, 9.17) is 0 Å². The van der Waals surface area contributed by atoms with Crippen LogP contribution in [-0.2, 0) is 23.4 Å². The van der Waals surface area contributed by atoms with Crippen LogP contribution in [0.4, 0.5) is 5.69 Å². The Labute approximate surface area is 169 Å². The van der Waals surface area contributed by atoms with E-state index in [9.17, 15) is 9.59 Å². The van der Waals surface area contributed by atoms with Crippen LogP contribution >= 0.6 is 34.9 Å². The molecule has 2 N–H and O–H groups in total. The summed E-state index contributed by atoms with van der Waals surface area (Å²) in [6, 6.07) is 7.77. The third-order valence-electron chi connectivity index (χ3n) is 4.45. The summed E-state index contributed by atoms with van der Waals surface area (Å²) in [5.74, 6) is 1.39. The van der Waals surface area contributed by atoms with Crippen molar-refractivity contribution < 1.29 is 4.79 Å². The van der Waals surface area contributed by atoms with Crippen LogP contribution in [0.2, 0.25) is 0 Å². The molecule has 0 spiro atoms. The first-order valence-corrected chi connectivity index (χ1v) is 11.9. The second-order valence-corrected chi connectivity index (χ2v) is 9.27. The van der Waals surface area contributed by atoms with Crippen molar-refractivity contribution in [1.82, 2.24) is 9.97 Å². The monoisotopic (exact) mass is 417 g/mol. The molecule has 0 bridgehead atoms. The quantitative estimate of drug-likeness (QED) is 0.592. The SMILES string of the molecule is CSc1cccc(NC(=O)CSCc2nc3sc4c(c3c(=O)[nH]2)CCC4)c1. The number of nitrogens with zero attached hydrogens (tertiary/aromatic N) is 1. The number of amides is 1.